The first-order valence-electron chi connectivity index (χ1n) is 9.85. The van der Waals surface area contributed by atoms with Crippen LogP contribution in [0.15, 0.2) is 110 Å². The Kier molecular flexibility index (Phi) is 3.52. The van der Waals surface area contributed by atoms with Gasteiger partial charge in [-0.15, -0.1) is 0 Å². The number of hydrogen-bond acceptors (Lipinski definition) is 2. The van der Waals surface area contributed by atoms with E-state index >= 15 is 0 Å². The summed E-state index contributed by atoms with van der Waals surface area (Å²) >= 11 is 0. The topological polar surface area (TPSA) is 25.8 Å². The van der Waals surface area contributed by atoms with Crippen molar-refractivity contribution in [2.75, 3.05) is 0 Å². The molecule has 6 rings (SSSR count). The summed E-state index contributed by atoms with van der Waals surface area (Å²) in [6.07, 6.45) is 3.61. The molecule has 1 aliphatic heterocycles. The number of hydrogen-bond donors (Lipinski definition) is 0. The van der Waals surface area contributed by atoms with Gasteiger partial charge in [-0.25, -0.2) is 9.97 Å². The predicted molar refractivity (Wildman–Crippen MR) is 122 cm³/mol. The average Bonchev–Trinajstić information content (AvgIpc) is 3.12. The molecule has 0 saturated carbocycles. The van der Waals surface area contributed by atoms with Crippen molar-refractivity contribution in [1.29, 1.82) is 0 Å². The van der Waals surface area contributed by atoms with Gasteiger partial charge in [0.25, 0.3) is 0 Å². The van der Waals surface area contributed by atoms with Gasteiger partial charge in [0.05, 0.1) is 5.52 Å². The van der Waals surface area contributed by atoms with Crippen molar-refractivity contribution in [3.63, 3.8) is 0 Å². The Balaban J connectivity index is 1.88. The number of benzene rings is 4. The molecular weight excluding hydrogens is 368 g/mol. The Morgan fingerprint density at radius 1 is 0.586 bits per heavy atom. The highest BCUT2D eigenvalue weighted by Crippen LogP contribution is 2.31. The number of rotatable bonds is 2. The normalized spacial score (nSPS) is 13.8. The molecule has 0 amide bonds. The van der Waals surface area contributed by atoms with Crippen LogP contribution in [0, 0.1) is 0 Å². The van der Waals surface area contributed by atoms with Crippen LogP contribution in [-0.2, 0) is 0 Å². The Morgan fingerprint density at radius 3 is 1.97 bits per heavy atom. The molecule has 0 atom stereocenters. The summed E-state index contributed by atoms with van der Waals surface area (Å²) in [5.74, 6) is 0. The monoisotopic (exact) mass is 386 g/mol. The fourth-order valence-electron chi connectivity index (χ4n) is 4.98. The maximum Gasteiger partial charge on any atom is 0.183 e. The molecule has 1 aromatic heterocycles. The van der Waals surface area contributed by atoms with Crippen LogP contribution in [0.2, 0.25) is 0 Å². The van der Waals surface area contributed by atoms with Gasteiger partial charge in [0.1, 0.15) is 6.33 Å². The zero-order chi connectivity index (χ0) is 19.3. The molecule has 2 heterocycles. The maximum atomic E-state index is 4.81. The van der Waals surface area contributed by atoms with Crippen molar-refractivity contribution in [2.24, 2.45) is 0 Å². The van der Waals surface area contributed by atoms with Gasteiger partial charge in [0.2, 0.25) is 0 Å². The summed E-state index contributed by atoms with van der Waals surface area (Å²) in [6.45, 7) is 0. The smallest absolute Gasteiger partial charge is 0.183 e. The van der Waals surface area contributed by atoms with Crippen LogP contribution in [0.3, 0.4) is 0 Å². The molecule has 0 fully saturated rings. The van der Waals surface area contributed by atoms with Crippen LogP contribution < -0.4 is 20.7 Å². The van der Waals surface area contributed by atoms with Crippen molar-refractivity contribution in [1.82, 2.24) is 9.97 Å². The second-order valence-corrected chi connectivity index (χ2v) is 11.2. The van der Waals surface area contributed by atoms with Crippen LogP contribution in [-0.4, -0.2) is 18.0 Å². The van der Waals surface area contributed by atoms with E-state index in [0.29, 0.717) is 0 Å². The largest absolute Gasteiger partial charge is 0.244 e. The van der Waals surface area contributed by atoms with E-state index < -0.39 is 8.07 Å². The molecule has 136 valence electrons. The molecule has 5 aromatic rings. The number of fused-ring (bicyclic) bond motifs is 5. The SMILES string of the molecule is c1ccc([Si]2(c3ccccc3)c3ccccc3-c3ccc4cncnc4c32)cc1. The van der Waals surface area contributed by atoms with Gasteiger partial charge in [-0.05, 0) is 31.9 Å². The minimum atomic E-state index is -2.48. The molecule has 0 spiro atoms. The first-order chi connectivity index (χ1) is 14.4. The number of aromatic nitrogens is 2. The Labute approximate surface area is 170 Å². The second-order valence-electron chi connectivity index (χ2n) is 7.48. The molecule has 1 aliphatic rings. The molecule has 0 aliphatic carbocycles. The third kappa shape index (κ3) is 2.16. The highest BCUT2D eigenvalue weighted by molar-refractivity contribution is 7.23. The standard InChI is InChI=1S/C26H18N2Si/c1-3-9-20(10-4-1)29(21-11-5-2-6-12-21)24-14-8-7-13-22(24)23-16-15-19-17-27-18-28-25(19)26(23)29/h1-18H. The lowest BCUT2D eigenvalue weighted by Crippen LogP contribution is -2.73. The fourth-order valence-corrected chi connectivity index (χ4v) is 10.3. The van der Waals surface area contributed by atoms with E-state index in [4.69, 9.17) is 4.98 Å². The average molecular weight is 387 g/mol. The molecule has 4 aromatic carbocycles. The van der Waals surface area contributed by atoms with Crippen LogP contribution in [0.5, 0.6) is 0 Å². The molecular formula is C26H18N2Si. The van der Waals surface area contributed by atoms with Crippen molar-refractivity contribution >= 4 is 39.7 Å². The van der Waals surface area contributed by atoms with E-state index in [2.05, 4.69) is 102 Å². The first-order valence-corrected chi connectivity index (χ1v) is 11.8. The Bertz CT molecular complexity index is 1310. The van der Waals surface area contributed by atoms with Gasteiger partial charge in [0, 0.05) is 11.6 Å². The highest BCUT2D eigenvalue weighted by atomic mass is 28.3. The van der Waals surface area contributed by atoms with Gasteiger partial charge in [-0.1, -0.05) is 97.1 Å². The first kappa shape index (κ1) is 16.4. The van der Waals surface area contributed by atoms with Crippen molar-refractivity contribution in [2.45, 2.75) is 0 Å². The van der Waals surface area contributed by atoms with Gasteiger partial charge in [-0.2, -0.15) is 0 Å². The van der Waals surface area contributed by atoms with E-state index in [0.717, 1.165) is 10.9 Å². The minimum absolute atomic E-state index is 1.08. The molecule has 2 nitrogen and oxygen atoms in total. The van der Waals surface area contributed by atoms with Crippen LogP contribution >= 0.6 is 0 Å². The van der Waals surface area contributed by atoms with E-state index in [1.165, 1.54) is 31.9 Å². The van der Waals surface area contributed by atoms with Crippen LogP contribution in [0.1, 0.15) is 0 Å². The molecule has 3 heteroatoms. The zero-order valence-electron chi connectivity index (χ0n) is 15.8. The fraction of sp³-hybridized carbons (Fsp3) is 0. The molecule has 29 heavy (non-hydrogen) atoms. The summed E-state index contributed by atoms with van der Waals surface area (Å²) < 4.78 is 0. The van der Waals surface area contributed by atoms with Crippen LogP contribution in [0.4, 0.5) is 0 Å². The lowest BCUT2D eigenvalue weighted by molar-refractivity contribution is 1.23. The molecule has 0 bridgehead atoms. The van der Waals surface area contributed by atoms with Gasteiger partial charge in [-0.3, -0.25) is 0 Å². The minimum Gasteiger partial charge on any atom is -0.244 e. The predicted octanol–water partition coefficient (Wildman–Crippen LogP) is 2.99. The zero-order valence-corrected chi connectivity index (χ0v) is 16.8. The molecule has 0 N–H and O–H groups in total. The quantitative estimate of drug-likeness (QED) is 0.428. The van der Waals surface area contributed by atoms with E-state index in [1.807, 2.05) is 6.20 Å². The summed E-state index contributed by atoms with van der Waals surface area (Å²) in [5, 5.41) is 6.71. The lowest BCUT2D eigenvalue weighted by Gasteiger charge is -2.31. The summed E-state index contributed by atoms with van der Waals surface area (Å²) in [4.78, 5) is 9.09. The van der Waals surface area contributed by atoms with E-state index in [9.17, 15) is 0 Å². The van der Waals surface area contributed by atoms with E-state index in [-0.39, 0.29) is 0 Å². The van der Waals surface area contributed by atoms with Gasteiger partial charge < -0.3 is 0 Å². The molecule has 0 radical (unpaired) electrons. The van der Waals surface area contributed by atoms with E-state index in [1.54, 1.807) is 6.33 Å². The van der Waals surface area contributed by atoms with Crippen molar-refractivity contribution < 1.29 is 0 Å². The third-order valence-corrected chi connectivity index (χ3v) is 11.0. The van der Waals surface area contributed by atoms with Crippen LogP contribution in [0.25, 0.3) is 22.0 Å². The van der Waals surface area contributed by atoms with Gasteiger partial charge in [0.15, 0.2) is 8.07 Å². The highest BCUT2D eigenvalue weighted by Gasteiger charge is 2.49. The van der Waals surface area contributed by atoms with Gasteiger partial charge >= 0.3 is 0 Å². The second kappa shape index (κ2) is 6.22. The molecule has 0 unspecified atom stereocenters. The molecule has 0 saturated heterocycles. The van der Waals surface area contributed by atoms with Crippen molar-refractivity contribution in [3.05, 3.63) is 110 Å². The summed E-state index contributed by atoms with van der Waals surface area (Å²) in [7, 11) is -2.48. The lowest BCUT2D eigenvalue weighted by atomic mass is 10.0. The maximum absolute atomic E-state index is 4.81. The number of nitrogens with zero attached hydrogens (tertiary/aromatic N) is 2. The summed E-state index contributed by atoms with van der Waals surface area (Å²) in [5.41, 5.74) is 3.72. The third-order valence-electron chi connectivity index (χ3n) is 6.09. The Hall–Kier alpha value is -3.56. The summed E-state index contributed by atoms with van der Waals surface area (Å²) in [6, 6.07) is 35.4. The Morgan fingerprint density at radius 2 is 1.24 bits per heavy atom. The van der Waals surface area contributed by atoms with Crippen molar-refractivity contribution in [3.8, 4) is 11.1 Å².